The van der Waals surface area contributed by atoms with Gasteiger partial charge < -0.3 is 4.74 Å². The van der Waals surface area contributed by atoms with Crippen LogP contribution in [0, 0.1) is 6.92 Å². The van der Waals surface area contributed by atoms with E-state index in [0.29, 0.717) is 27.8 Å². The van der Waals surface area contributed by atoms with Crippen molar-refractivity contribution in [2.75, 3.05) is 7.11 Å². The summed E-state index contributed by atoms with van der Waals surface area (Å²) in [5.74, 6) is 0.684. The third-order valence-electron chi connectivity index (χ3n) is 4.93. The lowest BCUT2D eigenvalue weighted by Gasteiger charge is -2.17. The van der Waals surface area contributed by atoms with E-state index >= 15 is 0 Å². The van der Waals surface area contributed by atoms with E-state index in [4.69, 9.17) is 32.1 Å². The largest absolute Gasteiger partial charge is 0.484 e. The minimum Gasteiger partial charge on any atom is -0.484 e. The third kappa shape index (κ3) is 3.88. The summed E-state index contributed by atoms with van der Waals surface area (Å²) >= 11 is 12.5. The van der Waals surface area contributed by atoms with Crippen LogP contribution < -0.4 is 4.74 Å². The average molecular weight is 449 g/mol. The molecule has 0 radical (unpaired) electrons. The van der Waals surface area contributed by atoms with Crippen LogP contribution in [0.25, 0.3) is 11.1 Å². The molecule has 4 rings (SSSR count). The van der Waals surface area contributed by atoms with Crippen LogP contribution in [0.15, 0.2) is 59.5 Å². The van der Waals surface area contributed by atoms with Crippen molar-refractivity contribution in [3.05, 3.63) is 81.3 Å². The summed E-state index contributed by atoms with van der Waals surface area (Å²) in [5.41, 5.74) is 4.12. The second-order valence-corrected chi connectivity index (χ2v) is 9.48. The number of ether oxygens (including phenoxy) is 1. The number of halogens is 2. The van der Waals surface area contributed by atoms with E-state index < -0.39 is 16.2 Å². The van der Waals surface area contributed by atoms with E-state index in [1.807, 2.05) is 43.3 Å². The van der Waals surface area contributed by atoms with Gasteiger partial charge in [-0.2, -0.15) is 8.42 Å². The van der Waals surface area contributed by atoms with Crippen molar-refractivity contribution in [2.45, 2.75) is 24.3 Å². The highest BCUT2D eigenvalue weighted by atomic mass is 35.5. The molecule has 1 unspecified atom stereocenters. The molecule has 0 bridgehead atoms. The highest BCUT2D eigenvalue weighted by molar-refractivity contribution is 7.86. The fourth-order valence-corrected chi connectivity index (χ4v) is 4.93. The van der Waals surface area contributed by atoms with Crippen LogP contribution in [0.4, 0.5) is 0 Å². The highest BCUT2D eigenvalue weighted by Crippen LogP contribution is 2.46. The lowest BCUT2D eigenvalue weighted by molar-refractivity contribution is 0.235. The quantitative estimate of drug-likeness (QED) is 0.460. The maximum atomic E-state index is 12.4. The Balaban J connectivity index is 1.82. The molecule has 3 aromatic carbocycles. The molecule has 1 heterocycles. The second kappa shape index (κ2) is 7.65. The highest BCUT2D eigenvalue weighted by Gasteiger charge is 2.32. The topological polar surface area (TPSA) is 52.6 Å². The van der Waals surface area contributed by atoms with E-state index in [1.54, 1.807) is 18.2 Å². The van der Waals surface area contributed by atoms with Crippen molar-refractivity contribution in [3.8, 4) is 16.9 Å². The van der Waals surface area contributed by atoms with Crippen molar-refractivity contribution >= 4 is 33.3 Å². The fraction of sp³-hybridized carbons (Fsp3) is 0.182. The minimum atomic E-state index is -3.87. The Morgan fingerprint density at radius 2 is 1.83 bits per heavy atom. The predicted octanol–water partition coefficient (Wildman–Crippen LogP) is 5.98. The summed E-state index contributed by atoms with van der Waals surface area (Å²) in [7, 11) is -2.72. The molecule has 0 fully saturated rings. The standard InChI is InChI=1S/C22H18Cl2O4S/c1-13-6-7-21(29(25,26)27-2)19(8-13)20-11-15-10-17(24)12-18(22(15)28-20)14-4-3-5-16(23)9-14/h3-10,12,20H,11H2,1-2H3. The molecule has 3 aromatic rings. The van der Waals surface area contributed by atoms with Gasteiger partial charge in [0.2, 0.25) is 0 Å². The smallest absolute Gasteiger partial charge is 0.297 e. The molecule has 7 heteroatoms. The number of rotatable bonds is 4. The van der Waals surface area contributed by atoms with Gasteiger partial charge in [-0.1, -0.05) is 53.0 Å². The molecule has 1 atom stereocenters. The van der Waals surface area contributed by atoms with Crippen LogP contribution in [0.3, 0.4) is 0 Å². The van der Waals surface area contributed by atoms with Gasteiger partial charge in [0.15, 0.2) is 0 Å². The maximum absolute atomic E-state index is 12.4. The molecular formula is C22H18Cl2O4S. The van der Waals surface area contributed by atoms with Gasteiger partial charge in [0.1, 0.15) is 16.7 Å². The first kappa shape index (κ1) is 20.2. The van der Waals surface area contributed by atoms with Crippen LogP contribution in [0.2, 0.25) is 10.0 Å². The van der Waals surface area contributed by atoms with Crippen LogP contribution in [0.1, 0.15) is 22.8 Å². The summed E-state index contributed by atoms with van der Waals surface area (Å²) < 4.78 is 35.9. The molecule has 0 saturated heterocycles. The number of hydrogen-bond acceptors (Lipinski definition) is 4. The fourth-order valence-electron chi connectivity index (χ4n) is 3.61. The molecule has 0 N–H and O–H groups in total. The summed E-state index contributed by atoms with van der Waals surface area (Å²) in [6, 6.07) is 16.2. The number of aryl methyl sites for hydroxylation is 1. The maximum Gasteiger partial charge on any atom is 0.297 e. The third-order valence-corrected chi connectivity index (χ3v) is 6.74. The van der Waals surface area contributed by atoms with Crippen molar-refractivity contribution in [3.63, 3.8) is 0 Å². The number of hydrogen-bond donors (Lipinski definition) is 0. The molecule has 1 aliphatic rings. The van der Waals surface area contributed by atoms with Crippen molar-refractivity contribution in [1.82, 2.24) is 0 Å². The average Bonchev–Trinajstić information content (AvgIpc) is 3.11. The van der Waals surface area contributed by atoms with Gasteiger partial charge >= 0.3 is 0 Å². The van der Waals surface area contributed by atoms with Gasteiger partial charge in [0.05, 0.1) is 7.11 Å². The molecule has 150 valence electrons. The lowest BCUT2D eigenvalue weighted by Crippen LogP contribution is -2.12. The summed E-state index contributed by atoms with van der Waals surface area (Å²) in [6.07, 6.45) is 0.0281. The zero-order valence-corrected chi connectivity index (χ0v) is 18.1. The van der Waals surface area contributed by atoms with Gasteiger partial charge in [-0.3, -0.25) is 4.18 Å². The van der Waals surface area contributed by atoms with Gasteiger partial charge in [-0.15, -0.1) is 0 Å². The normalized spacial score (nSPS) is 15.8. The Hall–Kier alpha value is -2.05. The second-order valence-electron chi connectivity index (χ2n) is 6.92. The Labute approximate surface area is 180 Å². The van der Waals surface area contributed by atoms with Gasteiger partial charge in [0.25, 0.3) is 10.1 Å². The van der Waals surface area contributed by atoms with Gasteiger partial charge in [0, 0.05) is 33.2 Å². The first-order valence-electron chi connectivity index (χ1n) is 8.94. The summed E-state index contributed by atoms with van der Waals surface area (Å²) in [6.45, 7) is 1.91. The van der Waals surface area contributed by atoms with E-state index in [0.717, 1.165) is 29.4 Å². The first-order valence-corrected chi connectivity index (χ1v) is 11.1. The van der Waals surface area contributed by atoms with Crippen LogP contribution in [0.5, 0.6) is 5.75 Å². The van der Waals surface area contributed by atoms with Crippen molar-refractivity contribution in [2.24, 2.45) is 0 Å². The van der Waals surface area contributed by atoms with Crippen LogP contribution in [-0.4, -0.2) is 15.5 Å². The van der Waals surface area contributed by atoms with E-state index in [-0.39, 0.29) is 4.90 Å². The lowest BCUT2D eigenvalue weighted by atomic mass is 9.98. The SMILES string of the molecule is COS(=O)(=O)c1ccc(C)cc1C1Cc2cc(Cl)cc(-c3cccc(Cl)c3)c2O1. The molecule has 0 aromatic heterocycles. The molecule has 0 spiro atoms. The Bertz CT molecular complexity index is 1210. The van der Waals surface area contributed by atoms with Gasteiger partial charge in [-0.25, -0.2) is 0 Å². The molecular weight excluding hydrogens is 431 g/mol. The summed E-state index contributed by atoms with van der Waals surface area (Å²) in [4.78, 5) is 0.110. The van der Waals surface area contributed by atoms with E-state index in [9.17, 15) is 8.42 Å². The monoisotopic (exact) mass is 448 g/mol. The first-order chi connectivity index (χ1) is 13.8. The van der Waals surface area contributed by atoms with Crippen molar-refractivity contribution < 1.29 is 17.3 Å². The molecule has 0 aliphatic carbocycles. The van der Waals surface area contributed by atoms with Gasteiger partial charge in [-0.05, 0) is 42.8 Å². The zero-order chi connectivity index (χ0) is 20.8. The molecule has 0 amide bonds. The molecule has 1 aliphatic heterocycles. The van der Waals surface area contributed by atoms with E-state index in [2.05, 4.69) is 0 Å². The molecule has 0 saturated carbocycles. The van der Waals surface area contributed by atoms with E-state index in [1.165, 1.54) is 0 Å². The molecule has 29 heavy (non-hydrogen) atoms. The Morgan fingerprint density at radius 3 is 2.55 bits per heavy atom. The zero-order valence-electron chi connectivity index (χ0n) is 15.8. The Morgan fingerprint density at radius 1 is 1.03 bits per heavy atom. The number of benzene rings is 3. The van der Waals surface area contributed by atoms with Crippen LogP contribution >= 0.6 is 23.2 Å². The van der Waals surface area contributed by atoms with Crippen molar-refractivity contribution in [1.29, 1.82) is 0 Å². The summed E-state index contributed by atoms with van der Waals surface area (Å²) in [5, 5.41) is 1.19. The van der Waals surface area contributed by atoms with Crippen LogP contribution in [-0.2, 0) is 20.7 Å². The minimum absolute atomic E-state index is 0.110. The number of fused-ring (bicyclic) bond motifs is 1. The Kier molecular flexibility index (Phi) is 5.34. The predicted molar refractivity (Wildman–Crippen MR) is 114 cm³/mol. The molecule has 4 nitrogen and oxygen atoms in total.